The standard InChI is InChI=1S/C15H18N4O/c1-9-6-10(2)13(17-7-9)15-18-12-4-5-20-8-11(12)14(16-3)19-15/h6-7H,4-5,8H2,1-3H3,(H,16,18,19). The molecule has 5 nitrogen and oxygen atoms in total. The second-order valence-electron chi connectivity index (χ2n) is 5.05. The molecule has 0 aromatic carbocycles. The zero-order chi connectivity index (χ0) is 14.1. The van der Waals surface area contributed by atoms with E-state index in [1.807, 2.05) is 27.1 Å². The fourth-order valence-electron chi connectivity index (χ4n) is 2.49. The Morgan fingerprint density at radius 1 is 1.25 bits per heavy atom. The molecule has 3 rings (SSSR count). The highest BCUT2D eigenvalue weighted by molar-refractivity contribution is 5.60. The Morgan fingerprint density at radius 3 is 2.85 bits per heavy atom. The highest BCUT2D eigenvalue weighted by atomic mass is 16.5. The van der Waals surface area contributed by atoms with Crippen molar-refractivity contribution in [1.29, 1.82) is 0 Å². The van der Waals surface area contributed by atoms with Crippen molar-refractivity contribution in [1.82, 2.24) is 15.0 Å². The summed E-state index contributed by atoms with van der Waals surface area (Å²) in [6.45, 7) is 5.37. The van der Waals surface area contributed by atoms with Crippen molar-refractivity contribution in [3.05, 3.63) is 34.6 Å². The van der Waals surface area contributed by atoms with Crippen molar-refractivity contribution in [2.75, 3.05) is 19.0 Å². The molecular weight excluding hydrogens is 252 g/mol. The Bertz CT molecular complexity index is 637. The first-order valence-electron chi connectivity index (χ1n) is 6.78. The number of aryl methyl sites for hydroxylation is 2. The minimum Gasteiger partial charge on any atom is -0.376 e. The van der Waals surface area contributed by atoms with Crippen molar-refractivity contribution in [2.45, 2.75) is 26.9 Å². The normalized spacial score (nSPS) is 13.9. The van der Waals surface area contributed by atoms with Gasteiger partial charge < -0.3 is 10.1 Å². The van der Waals surface area contributed by atoms with Gasteiger partial charge in [0.25, 0.3) is 0 Å². The summed E-state index contributed by atoms with van der Waals surface area (Å²) >= 11 is 0. The topological polar surface area (TPSA) is 59.9 Å². The summed E-state index contributed by atoms with van der Waals surface area (Å²) < 4.78 is 5.49. The smallest absolute Gasteiger partial charge is 0.180 e. The number of nitrogens with one attached hydrogen (secondary N) is 1. The number of fused-ring (bicyclic) bond motifs is 1. The van der Waals surface area contributed by atoms with E-state index in [4.69, 9.17) is 4.74 Å². The minimum absolute atomic E-state index is 0.575. The minimum atomic E-state index is 0.575. The predicted octanol–water partition coefficient (Wildman–Crippen LogP) is 2.27. The number of hydrogen-bond donors (Lipinski definition) is 1. The predicted molar refractivity (Wildman–Crippen MR) is 77.6 cm³/mol. The summed E-state index contributed by atoms with van der Waals surface area (Å²) in [5.41, 5.74) is 5.21. The molecule has 0 atom stereocenters. The van der Waals surface area contributed by atoms with Crippen molar-refractivity contribution in [2.24, 2.45) is 0 Å². The molecule has 1 N–H and O–H groups in total. The molecule has 2 aromatic rings. The van der Waals surface area contributed by atoms with Crippen molar-refractivity contribution in [3.8, 4) is 11.5 Å². The number of aromatic nitrogens is 3. The summed E-state index contributed by atoms with van der Waals surface area (Å²) in [4.78, 5) is 13.8. The largest absolute Gasteiger partial charge is 0.376 e. The summed E-state index contributed by atoms with van der Waals surface area (Å²) in [6, 6.07) is 2.10. The van der Waals surface area contributed by atoms with E-state index in [0.717, 1.165) is 40.3 Å². The van der Waals surface area contributed by atoms with E-state index < -0.39 is 0 Å². The van der Waals surface area contributed by atoms with Crippen LogP contribution in [-0.2, 0) is 17.8 Å². The third-order valence-corrected chi connectivity index (χ3v) is 3.49. The van der Waals surface area contributed by atoms with Crippen molar-refractivity contribution < 1.29 is 4.74 Å². The summed E-state index contributed by atoms with van der Waals surface area (Å²) in [6.07, 6.45) is 2.68. The SMILES string of the molecule is CNc1nc(-c2ncc(C)cc2C)nc2c1COCC2. The fraction of sp³-hybridized carbons (Fsp3) is 0.400. The number of nitrogens with zero attached hydrogens (tertiary/aromatic N) is 3. The Balaban J connectivity index is 2.14. The maximum atomic E-state index is 5.49. The molecule has 5 heteroatoms. The molecule has 1 aliphatic heterocycles. The van der Waals surface area contributed by atoms with Crippen LogP contribution in [0.25, 0.3) is 11.5 Å². The second-order valence-corrected chi connectivity index (χ2v) is 5.05. The fourth-order valence-corrected chi connectivity index (χ4v) is 2.49. The molecule has 0 spiro atoms. The van der Waals surface area contributed by atoms with Crippen molar-refractivity contribution >= 4 is 5.82 Å². The zero-order valence-electron chi connectivity index (χ0n) is 12.0. The van der Waals surface area contributed by atoms with Gasteiger partial charge in [-0.25, -0.2) is 9.97 Å². The van der Waals surface area contributed by atoms with Crippen LogP contribution in [0, 0.1) is 13.8 Å². The first-order chi connectivity index (χ1) is 9.69. The molecule has 0 fully saturated rings. The van der Waals surface area contributed by atoms with Crippen LogP contribution in [0.2, 0.25) is 0 Å². The molecule has 3 heterocycles. The highest BCUT2D eigenvalue weighted by Gasteiger charge is 2.19. The molecule has 104 valence electrons. The Hall–Kier alpha value is -2.01. The molecule has 0 bridgehead atoms. The molecule has 0 saturated heterocycles. The van der Waals surface area contributed by atoms with Crippen LogP contribution in [-0.4, -0.2) is 28.6 Å². The van der Waals surface area contributed by atoms with Gasteiger partial charge in [0.1, 0.15) is 11.5 Å². The first kappa shape index (κ1) is 13.0. The van der Waals surface area contributed by atoms with Gasteiger partial charge in [-0.2, -0.15) is 0 Å². The first-order valence-corrected chi connectivity index (χ1v) is 6.78. The lowest BCUT2D eigenvalue weighted by molar-refractivity contribution is 0.109. The number of ether oxygens (including phenoxy) is 1. The summed E-state index contributed by atoms with van der Waals surface area (Å²) in [5.74, 6) is 1.53. The van der Waals surface area contributed by atoms with Gasteiger partial charge in [-0.05, 0) is 25.0 Å². The molecule has 20 heavy (non-hydrogen) atoms. The molecule has 0 aliphatic carbocycles. The molecule has 0 unspecified atom stereocenters. The molecule has 1 aliphatic rings. The van der Waals surface area contributed by atoms with Crippen LogP contribution >= 0.6 is 0 Å². The lowest BCUT2D eigenvalue weighted by atomic mass is 10.1. The Morgan fingerprint density at radius 2 is 2.10 bits per heavy atom. The average molecular weight is 270 g/mol. The number of anilines is 1. The number of rotatable bonds is 2. The van der Waals surface area contributed by atoms with Gasteiger partial charge in [-0.3, -0.25) is 4.98 Å². The van der Waals surface area contributed by atoms with Crippen LogP contribution in [0.3, 0.4) is 0 Å². The summed E-state index contributed by atoms with van der Waals surface area (Å²) in [5, 5.41) is 3.14. The van der Waals surface area contributed by atoms with E-state index in [0.29, 0.717) is 19.0 Å². The Labute approximate surface area is 118 Å². The van der Waals surface area contributed by atoms with E-state index in [1.165, 1.54) is 0 Å². The number of hydrogen-bond acceptors (Lipinski definition) is 5. The lowest BCUT2D eigenvalue weighted by Crippen LogP contribution is -2.16. The quantitative estimate of drug-likeness (QED) is 0.907. The highest BCUT2D eigenvalue weighted by Crippen LogP contribution is 2.26. The molecular formula is C15H18N4O. The van der Waals surface area contributed by atoms with Gasteiger partial charge in [-0.15, -0.1) is 0 Å². The van der Waals surface area contributed by atoms with Crippen LogP contribution in [0.15, 0.2) is 12.3 Å². The van der Waals surface area contributed by atoms with Gasteiger partial charge in [-0.1, -0.05) is 6.07 Å². The number of pyridine rings is 1. The second kappa shape index (κ2) is 5.17. The molecule has 0 amide bonds. The van der Waals surface area contributed by atoms with Crippen LogP contribution in [0.5, 0.6) is 0 Å². The van der Waals surface area contributed by atoms with Crippen molar-refractivity contribution in [3.63, 3.8) is 0 Å². The van der Waals surface area contributed by atoms with E-state index >= 15 is 0 Å². The molecule has 0 saturated carbocycles. The van der Waals surface area contributed by atoms with Crippen LogP contribution in [0.4, 0.5) is 5.82 Å². The van der Waals surface area contributed by atoms with E-state index in [2.05, 4.69) is 26.3 Å². The van der Waals surface area contributed by atoms with Gasteiger partial charge in [0.2, 0.25) is 0 Å². The van der Waals surface area contributed by atoms with Gasteiger partial charge in [0, 0.05) is 25.2 Å². The van der Waals surface area contributed by atoms with Gasteiger partial charge >= 0.3 is 0 Å². The van der Waals surface area contributed by atoms with E-state index in [1.54, 1.807) is 0 Å². The van der Waals surface area contributed by atoms with Gasteiger partial charge in [0.05, 0.1) is 18.9 Å². The maximum Gasteiger partial charge on any atom is 0.180 e. The Kier molecular flexibility index (Phi) is 3.36. The monoisotopic (exact) mass is 270 g/mol. The van der Waals surface area contributed by atoms with Crippen LogP contribution in [0.1, 0.15) is 22.4 Å². The third-order valence-electron chi connectivity index (χ3n) is 3.49. The maximum absolute atomic E-state index is 5.49. The van der Waals surface area contributed by atoms with E-state index in [9.17, 15) is 0 Å². The zero-order valence-corrected chi connectivity index (χ0v) is 12.0. The summed E-state index contributed by atoms with van der Waals surface area (Å²) in [7, 11) is 1.87. The average Bonchev–Trinajstić information content (AvgIpc) is 2.46. The van der Waals surface area contributed by atoms with Gasteiger partial charge in [0.15, 0.2) is 5.82 Å². The third kappa shape index (κ3) is 2.25. The lowest BCUT2D eigenvalue weighted by Gasteiger charge is -2.19. The van der Waals surface area contributed by atoms with Crippen LogP contribution < -0.4 is 5.32 Å². The molecule has 0 radical (unpaired) electrons. The molecule has 2 aromatic heterocycles. The van der Waals surface area contributed by atoms with E-state index in [-0.39, 0.29) is 0 Å².